The zero-order valence-corrected chi connectivity index (χ0v) is 23.8. The van der Waals surface area contributed by atoms with E-state index in [2.05, 4.69) is 169 Å². The van der Waals surface area contributed by atoms with E-state index in [1.807, 2.05) is 11.3 Å². The highest BCUT2D eigenvalue weighted by atomic mass is 32.1. The van der Waals surface area contributed by atoms with Crippen LogP contribution in [-0.2, 0) is 0 Å². The number of benzene rings is 7. The smallest absolute Gasteiger partial charge is 0.0462 e. The van der Waals surface area contributed by atoms with E-state index in [1.165, 1.54) is 53.2 Å². The van der Waals surface area contributed by atoms with Gasteiger partial charge in [0.1, 0.15) is 0 Å². The van der Waals surface area contributed by atoms with E-state index < -0.39 is 0 Å². The van der Waals surface area contributed by atoms with Gasteiger partial charge >= 0.3 is 0 Å². The van der Waals surface area contributed by atoms with Crippen LogP contribution in [0.4, 0.5) is 17.1 Å². The van der Waals surface area contributed by atoms with Crippen molar-refractivity contribution >= 4 is 59.3 Å². The molecule has 0 unspecified atom stereocenters. The molecular formula is C40H27NS. The lowest BCUT2D eigenvalue weighted by Gasteiger charge is -2.26. The number of anilines is 3. The molecule has 0 aliphatic rings. The average molecular weight is 554 g/mol. The lowest BCUT2D eigenvalue weighted by Crippen LogP contribution is -2.09. The summed E-state index contributed by atoms with van der Waals surface area (Å²) in [6.45, 7) is 0. The fourth-order valence-electron chi connectivity index (χ4n) is 5.91. The predicted octanol–water partition coefficient (Wildman–Crippen LogP) is 12.0. The topological polar surface area (TPSA) is 3.24 Å². The maximum Gasteiger partial charge on any atom is 0.0462 e. The fraction of sp³-hybridized carbons (Fsp3) is 0. The SMILES string of the molecule is c1ccc(-c2ccc(N(c3ccccc3)c3ccc(-c4ccc5cc6sc7ccccc7c6cc5c4)cc3)cc2)cc1. The Labute approximate surface area is 249 Å². The molecule has 0 saturated carbocycles. The molecule has 1 heterocycles. The third-order valence-corrected chi connectivity index (χ3v) is 9.18. The van der Waals surface area contributed by atoms with Crippen LogP contribution in [0.5, 0.6) is 0 Å². The summed E-state index contributed by atoms with van der Waals surface area (Å²) in [7, 11) is 0. The first-order chi connectivity index (χ1) is 20.8. The van der Waals surface area contributed by atoms with Crippen molar-refractivity contribution in [1.29, 1.82) is 0 Å². The Morgan fingerprint density at radius 3 is 1.60 bits per heavy atom. The van der Waals surface area contributed by atoms with Crippen molar-refractivity contribution in [2.75, 3.05) is 4.90 Å². The second-order valence-electron chi connectivity index (χ2n) is 10.6. The molecule has 0 radical (unpaired) electrons. The monoisotopic (exact) mass is 553 g/mol. The summed E-state index contributed by atoms with van der Waals surface area (Å²) in [5.74, 6) is 0. The summed E-state index contributed by atoms with van der Waals surface area (Å²) in [4.78, 5) is 2.32. The molecule has 198 valence electrons. The molecule has 1 aromatic heterocycles. The first kappa shape index (κ1) is 24.6. The van der Waals surface area contributed by atoms with E-state index in [4.69, 9.17) is 0 Å². The van der Waals surface area contributed by atoms with E-state index >= 15 is 0 Å². The highest BCUT2D eigenvalue weighted by Crippen LogP contribution is 2.39. The van der Waals surface area contributed by atoms with Gasteiger partial charge in [0.2, 0.25) is 0 Å². The van der Waals surface area contributed by atoms with Crippen LogP contribution < -0.4 is 4.90 Å². The van der Waals surface area contributed by atoms with E-state index in [9.17, 15) is 0 Å². The first-order valence-electron chi connectivity index (χ1n) is 14.3. The number of hydrogen-bond donors (Lipinski definition) is 0. The minimum absolute atomic E-state index is 1.13. The summed E-state index contributed by atoms with van der Waals surface area (Å²) in [5.41, 5.74) is 8.27. The van der Waals surface area contributed by atoms with Crippen LogP contribution in [0.1, 0.15) is 0 Å². The molecule has 0 aliphatic heterocycles. The van der Waals surface area contributed by atoms with Crippen LogP contribution >= 0.6 is 11.3 Å². The molecule has 0 N–H and O–H groups in total. The average Bonchev–Trinajstić information content (AvgIpc) is 3.42. The third kappa shape index (κ3) is 4.43. The van der Waals surface area contributed by atoms with Gasteiger partial charge in [-0.1, -0.05) is 103 Å². The van der Waals surface area contributed by atoms with Gasteiger partial charge in [0.15, 0.2) is 0 Å². The number of fused-ring (bicyclic) bond motifs is 4. The lowest BCUT2D eigenvalue weighted by molar-refractivity contribution is 1.28. The molecule has 7 aromatic carbocycles. The van der Waals surface area contributed by atoms with E-state index in [0.717, 1.165) is 17.1 Å². The zero-order valence-electron chi connectivity index (χ0n) is 22.9. The number of nitrogens with zero attached hydrogens (tertiary/aromatic N) is 1. The van der Waals surface area contributed by atoms with Gasteiger partial charge < -0.3 is 4.90 Å². The highest BCUT2D eigenvalue weighted by molar-refractivity contribution is 7.25. The Bertz CT molecular complexity index is 2160. The van der Waals surface area contributed by atoms with Crippen LogP contribution in [0.2, 0.25) is 0 Å². The van der Waals surface area contributed by atoms with Gasteiger partial charge in [-0.15, -0.1) is 11.3 Å². The van der Waals surface area contributed by atoms with Gasteiger partial charge in [-0.05, 0) is 93.7 Å². The lowest BCUT2D eigenvalue weighted by atomic mass is 9.99. The van der Waals surface area contributed by atoms with Crippen LogP contribution in [0.25, 0.3) is 53.2 Å². The number of thiophene rings is 1. The normalized spacial score (nSPS) is 11.3. The molecule has 2 heteroatoms. The van der Waals surface area contributed by atoms with Gasteiger partial charge in [0.05, 0.1) is 0 Å². The van der Waals surface area contributed by atoms with Crippen LogP contribution in [0, 0.1) is 0 Å². The second-order valence-corrected chi connectivity index (χ2v) is 11.7. The Morgan fingerprint density at radius 1 is 0.333 bits per heavy atom. The largest absolute Gasteiger partial charge is 0.311 e. The summed E-state index contributed by atoms with van der Waals surface area (Å²) in [5, 5.41) is 5.24. The van der Waals surface area contributed by atoms with Gasteiger partial charge in [0.25, 0.3) is 0 Å². The quantitative estimate of drug-likeness (QED) is 0.205. The standard InChI is InChI=1S/C40H27NS/c1-3-9-28(10-4-1)29-17-21-35(22-18-29)41(34-11-5-2-6-12-34)36-23-19-30(20-24-36)31-15-16-32-27-40-38(26-33(32)25-31)37-13-7-8-14-39(37)42-40/h1-27H. The van der Waals surface area contributed by atoms with Crippen molar-refractivity contribution < 1.29 is 0 Å². The molecule has 0 saturated heterocycles. The van der Waals surface area contributed by atoms with Crippen molar-refractivity contribution in [2.45, 2.75) is 0 Å². The molecule has 8 rings (SSSR count). The summed E-state index contributed by atoms with van der Waals surface area (Å²) in [6, 6.07) is 59.1. The molecule has 42 heavy (non-hydrogen) atoms. The zero-order chi connectivity index (χ0) is 27.9. The van der Waals surface area contributed by atoms with Crippen molar-refractivity contribution in [2.24, 2.45) is 0 Å². The van der Waals surface area contributed by atoms with Gasteiger partial charge in [-0.3, -0.25) is 0 Å². The maximum atomic E-state index is 2.36. The number of rotatable bonds is 5. The molecule has 0 spiro atoms. The van der Waals surface area contributed by atoms with Crippen LogP contribution in [-0.4, -0.2) is 0 Å². The molecule has 0 fully saturated rings. The van der Waals surface area contributed by atoms with E-state index in [1.54, 1.807) is 0 Å². The predicted molar refractivity (Wildman–Crippen MR) is 182 cm³/mol. The summed E-state index contributed by atoms with van der Waals surface area (Å²) in [6.07, 6.45) is 0. The Morgan fingerprint density at radius 2 is 0.881 bits per heavy atom. The fourth-order valence-corrected chi connectivity index (χ4v) is 7.04. The van der Waals surface area contributed by atoms with Gasteiger partial charge in [-0.2, -0.15) is 0 Å². The first-order valence-corrected chi connectivity index (χ1v) is 15.1. The maximum absolute atomic E-state index is 2.36. The summed E-state index contributed by atoms with van der Waals surface area (Å²) >= 11 is 1.87. The van der Waals surface area contributed by atoms with Crippen LogP contribution in [0.15, 0.2) is 164 Å². The minimum Gasteiger partial charge on any atom is -0.311 e. The Hall–Kier alpha value is -5.18. The van der Waals surface area contributed by atoms with Crippen molar-refractivity contribution in [3.05, 3.63) is 164 Å². The molecule has 0 atom stereocenters. The second kappa shape index (κ2) is 10.3. The summed E-state index contributed by atoms with van der Waals surface area (Å²) < 4.78 is 2.69. The van der Waals surface area contributed by atoms with Gasteiger partial charge in [0, 0.05) is 37.2 Å². The molecular weight excluding hydrogens is 527 g/mol. The van der Waals surface area contributed by atoms with Crippen molar-refractivity contribution in [3.8, 4) is 22.3 Å². The molecule has 0 bridgehead atoms. The highest BCUT2D eigenvalue weighted by Gasteiger charge is 2.13. The Balaban J connectivity index is 1.16. The molecule has 8 aromatic rings. The van der Waals surface area contributed by atoms with E-state index in [0.29, 0.717) is 0 Å². The van der Waals surface area contributed by atoms with E-state index in [-0.39, 0.29) is 0 Å². The molecule has 1 nitrogen and oxygen atoms in total. The van der Waals surface area contributed by atoms with Gasteiger partial charge in [-0.25, -0.2) is 0 Å². The minimum atomic E-state index is 1.13. The molecule has 0 amide bonds. The molecule has 0 aliphatic carbocycles. The van der Waals surface area contributed by atoms with Crippen LogP contribution in [0.3, 0.4) is 0 Å². The third-order valence-electron chi connectivity index (χ3n) is 8.04. The van der Waals surface area contributed by atoms with Crippen molar-refractivity contribution in [3.63, 3.8) is 0 Å². The Kier molecular flexibility index (Phi) is 6.05. The number of hydrogen-bond acceptors (Lipinski definition) is 2. The number of para-hydroxylation sites is 1. The van der Waals surface area contributed by atoms with Crippen molar-refractivity contribution in [1.82, 2.24) is 0 Å².